The average Bonchev–Trinajstić information content (AvgIpc) is 3.22. The van der Waals surface area contributed by atoms with E-state index in [1.165, 1.54) is 83.5 Å². The van der Waals surface area contributed by atoms with E-state index in [0.29, 0.717) is 32.1 Å². The Bertz CT molecular complexity index is 1200. The maximum Gasteiger partial charge on any atom is 0.326 e. The second kappa shape index (κ2) is 46.4. The Morgan fingerprint density at radius 2 is 0.698 bits per heavy atom. The molecule has 0 saturated heterocycles. The van der Waals surface area contributed by atoms with E-state index < -0.39 is 65.8 Å². The molecule has 9 N–H and O–H groups in total. The standard InChI is InChI=1S/C18H36O2.2C11H18N2O6.C4H8O/c1-2-3-4-5-6-7-8-9-10-11-12-13-14-15-16-17-18(19)20;2*1-2-3-8(11(18)19)13-9(15)5-4-7(10(16)17)12-6-14;1-4(2)3-5/h2-17H2,1H3,(H,19,20);2*6-8H,2-5H2,1H3,(H,12,14)(H,13,15)(H,16,17)(H,18,19);3-4H,1-2H3/t;2*7?,8-;/m.00./s1. The first-order chi connectivity index (χ1) is 29.9. The number of unbranched alkanes of at least 4 members (excludes halogenated alkanes) is 14. The van der Waals surface area contributed by atoms with Crippen molar-refractivity contribution < 1.29 is 73.5 Å². The molecular formula is C44H80N4O15. The van der Waals surface area contributed by atoms with Crippen LogP contribution >= 0.6 is 0 Å². The first-order valence-corrected chi connectivity index (χ1v) is 22.4. The van der Waals surface area contributed by atoms with E-state index in [1.807, 2.05) is 13.8 Å². The minimum Gasteiger partial charge on any atom is -0.481 e. The zero-order valence-electron chi connectivity index (χ0n) is 38.4. The van der Waals surface area contributed by atoms with Gasteiger partial charge >= 0.3 is 29.8 Å². The Morgan fingerprint density at radius 3 is 0.921 bits per heavy atom. The van der Waals surface area contributed by atoms with Crippen molar-refractivity contribution in [2.45, 2.75) is 213 Å². The lowest BCUT2D eigenvalue weighted by molar-refractivity contribution is -0.143. The van der Waals surface area contributed by atoms with Crippen LogP contribution in [0.2, 0.25) is 0 Å². The number of amides is 4. The Morgan fingerprint density at radius 1 is 0.413 bits per heavy atom. The van der Waals surface area contributed by atoms with Crippen LogP contribution in [-0.2, 0) is 47.9 Å². The van der Waals surface area contributed by atoms with E-state index in [-0.39, 0.29) is 44.4 Å². The van der Waals surface area contributed by atoms with Gasteiger partial charge in [-0.25, -0.2) is 19.2 Å². The van der Waals surface area contributed by atoms with Gasteiger partial charge in [-0.15, -0.1) is 0 Å². The van der Waals surface area contributed by atoms with Crippen molar-refractivity contribution >= 4 is 60.8 Å². The fourth-order valence-electron chi connectivity index (χ4n) is 5.54. The quantitative estimate of drug-likeness (QED) is 0.0261. The summed E-state index contributed by atoms with van der Waals surface area (Å²) in [7, 11) is 0. The highest BCUT2D eigenvalue weighted by Crippen LogP contribution is 2.14. The fraction of sp³-hybridized carbons (Fsp3) is 0.773. The summed E-state index contributed by atoms with van der Waals surface area (Å²) in [5.74, 6) is -6.31. The van der Waals surface area contributed by atoms with Crippen molar-refractivity contribution in [3.63, 3.8) is 0 Å². The van der Waals surface area contributed by atoms with Crippen molar-refractivity contribution in [1.29, 1.82) is 0 Å². The Labute approximate surface area is 373 Å². The SMILES string of the molecule is CC(C)C=O.CCCCCCCCCCCCCCCCCC(=O)O.CCC[C@H](NC(=O)CCC(NC=O)C(=O)O)C(=O)O.CCC[C@H](NC(=O)CCC(NC=O)C(=O)O)C(=O)O. The van der Waals surface area contributed by atoms with Crippen LogP contribution in [0.3, 0.4) is 0 Å². The van der Waals surface area contributed by atoms with Gasteiger partial charge in [-0.3, -0.25) is 24.0 Å². The van der Waals surface area contributed by atoms with Crippen LogP contribution in [0.1, 0.15) is 189 Å². The number of aldehydes is 1. The van der Waals surface area contributed by atoms with Crippen molar-refractivity contribution in [2.24, 2.45) is 5.92 Å². The molecule has 4 atom stereocenters. The van der Waals surface area contributed by atoms with Crippen LogP contribution in [0.4, 0.5) is 0 Å². The van der Waals surface area contributed by atoms with E-state index in [4.69, 9.17) is 25.5 Å². The summed E-state index contributed by atoms with van der Waals surface area (Å²) in [6.07, 6.45) is 22.9. The van der Waals surface area contributed by atoms with Crippen molar-refractivity contribution in [3.8, 4) is 0 Å². The Balaban J connectivity index is -0.000000392. The number of hydrogen-bond donors (Lipinski definition) is 9. The number of nitrogens with one attached hydrogen (secondary N) is 4. The number of rotatable bonds is 37. The normalized spacial score (nSPS) is 12.0. The molecule has 366 valence electrons. The average molecular weight is 905 g/mol. The minimum atomic E-state index is -1.25. The lowest BCUT2D eigenvalue weighted by Gasteiger charge is -2.15. The van der Waals surface area contributed by atoms with Crippen molar-refractivity contribution in [1.82, 2.24) is 21.3 Å². The maximum absolute atomic E-state index is 11.5. The third-order valence-electron chi connectivity index (χ3n) is 9.14. The molecule has 4 amide bonds. The minimum absolute atomic E-state index is 0.0988. The van der Waals surface area contributed by atoms with E-state index >= 15 is 0 Å². The van der Waals surface area contributed by atoms with E-state index in [1.54, 1.807) is 13.8 Å². The van der Waals surface area contributed by atoms with Crippen LogP contribution in [0.15, 0.2) is 0 Å². The first kappa shape index (κ1) is 64.5. The van der Waals surface area contributed by atoms with Crippen LogP contribution in [0.25, 0.3) is 0 Å². The molecule has 2 unspecified atom stereocenters. The van der Waals surface area contributed by atoms with Gasteiger partial charge in [0, 0.05) is 25.2 Å². The molecule has 0 aromatic rings. The van der Waals surface area contributed by atoms with Crippen LogP contribution < -0.4 is 21.3 Å². The number of carboxylic acid groups (broad SMARTS) is 5. The van der Waals surface area contributed by atoms with Gasteiger partial charge < -0.3 is 51.6 Å². The Hall–Kier alpha value is -5.10. The molecule has 19 heteroatoms. The van der Waals surface area contributed by atoms with Crippen LogP contribution in [0.5, 0.6) is 0 Å². The largest absolute Gasteiger partial charge is 0.481 e. The van der Waals surface area contributed by atoms with Gasteiger partial charge in [0.2, 0.25) is 24.6 Å². The lowest BCUT2D eigenvalue weighted by Crippen LogP contribution is -2.42. The molecule has 19 nitrogen and oxygen atoms in total. The van der Waals surface area contributed by atoms with E-state index in [0.717, 1.165) is 19.1 Å². The molecule has 0 bridgehead atoms. The number of carboxylic acids is 5. The first-order valence-electron chi connectivity index (χ1n) is 22.4. The molecule has 0 radical (unpaired) electrons. The molecular weight excluding hydrogens is 824 g/mol. The molecule has 0 aliphatic carbocycles. The van der Waals surface area contributed by atoms with Gasteiger partial charge in [-0.1, -0.05) is 137 Å². The lowest BCUT2D eigenvalue weighted by atomic mass is 10.0. The van der Waals surface area contributed by atoms with Gasteiger partial charge in [0.15, 0.2) is 0 Å². The van der Waals surface area contributed by atoms with E-state index in [9.17, 15) is 47.9 Å². The predicted octanol–water partition coefficient (Wildman–Crippen LogP) is 5.84. The third kappa shape index (κ3) is 47.8. The third-order valence-corrected chi connectivity index (χ3v) is 9.14. The van der Waals surface area contributed by atoms with Gasteiger partial charge in [-0.2, -0.15) is 0 Å². The smallest absolute Gasteiger partial charge is 0.326 e. The number of carbonyl (C=O) groups is 10. The summed E-state index contributed by atoms with van der Waals surface area (Å²) in [6.45, 7) is 9.55. The number of aliphatic carboxylic acids is 5. The molecule has 0 rings (SSSR count). The number of carbonyl (C=O) groups excluding carboxylic acids is 5. The summed E-state index contributed by atoms with van der Waals surface area (Å²) >= 11 is 0. The molecule has 0 saturated carbocycles. The summed E-state index contributed by atoms with van der Waals surface area (Å²) in [5.41, 5.74) is 0. The van der Waals surface area contributed by atoms with Gasteiger partial charge in [0.25, 0.3) is 0 Å². The topological polar surface area (TPSA) is 320 Å². The molecule has 63 heavy (non-hydrogen) atoms. The monoisotopic (exact) mass is 905 g/mol. The maximum atomic E-state index is 11.5. The molecule has 0 aliphatic rings. The van der Waals surface area contributed by atoms with Crippen molar-refractivity contribution in [2.75, 3.05) is 0 Å². The van der Waals surface area contributed by atoms with Crippen LogP contribution in [-0.4, -0.2) is 110 Å². The fourth-order valence-corrected chi connectivity index (χ4v) is 5.54. The second-order valence-electron chi connectivity index (χ2n) is 15.4. The molecule has 0 aromatic carbocycles. The van der Waals surface area contributed by atoms with Gasteiger partial charge in [0.05, 0.1) is 0 Å². The summed E-state index contributed by atoms with van der Waals surface area (Å²) in [5, 5.41) is 52.4. The van der Waals surface area contributed by atoms with Gasteiger partial charge in [-0.05, 0) is 32.1 Å². The highest BCUT2D eigenvalue weighted by Gasteiger charge is 2.23. The van der Waals surface area contributed by atoms with Gasteiger partial charge in [0.1, 0.15) is 30.5 Å². The van der Waals surface area contributed by atoms with E-state index in [2.05, 4.69) is 28.2 Å². The van der Waals surface area contributed by atoms with Crippen LogP contribution in [0, 0.1) is 5.92 Å². The summed E-state index contributed by atoms with van der Waals surface area (Å²) in [6, 6.07) is -4.25. The molecule has 0 heterocycles. The molecule has 0 aliphatic heterocycles. The molecule has 0 fully saturated rings. The van der Waals surface area contributed by atoms with Crippen molar-refractivity contribution in [3.05, 3.63) is 0 Å². The Kier molecular flexibility index (Phi) is 47.5. The molecule has 0 spiro atoms. The second-order valence-corrected chi connectivity index (χ2v) is 15.4. The zero-order valence-corrected chi connectivity index (χ0v) is 38.4. The highest BCUT2D eigenvalue weighted by atomic mass is 16.4. The summed E-state index contributed by atoms with van der Waals surface area (Å²) < 4.78 is 0. The predicted molar refractivity (Wildman–Crippen MR) is 237 cm³/mol. The zero-order chi connectivity index (χ0) is 48.8. The highest BCUT2D eigenvalue weighted by molar-refractivity contribution is 5.85. The molecule has 0 aromatic heterocycles. The summed E-state index contributed by atoms with van der Waals surface area (Å²) in [4.78, 5) is 106. The number of hydrogen-bond acceptors (Lipinski definition) is 10.